The molecule has 72 heavy (non-hydrogen) atoms. The molecule has 6 heterocycles. The van der Waals surface area contributed by atoms with Crippen molar-refractivity contribution in [1.82, 2.24) is 19.6 Å². The Balaban J connectivity index is 0.000000213. The van der Waals surface area contributed by atoms with Gasteiger partial charge < -0.3 is 47.2 Å². The summed E-state index contributed by atoms with van der Waals surface area (Å²) in [6, 6.07) is 9.64. The van der Waals surface area contributed by atoms with E-state index in [-0.39, 0.29) is 18.0 Å². The Morgan fingerprint density at radius 1 is 0.625 bits per heavy atom. The van der Waals surface area contributed by atoms with Gasteiger partial charge in [0.25, 0.3) is 0 Å². The Hall–Kier alpha value is -4.87. The largest absolute Gasteiger partial charge is 0.465 e. The molecule has 0 spiro atoms. The highest BCUT2D eigenvalue weighted by atomic mass is 16.6. The summed E-state index contributed by atoms with van der Waals surface area (Å²) in [4.78, 5) is 52.3. The summed E-state index contributed by atoms with van der Waals surface area (Å²) < 4.78 is 40.0. The molecule has 0 saturated carbocycles. The topological polar surface area (TPSA) is 143 Å². The Labute approximate surface area is 428 Å². The van der Waals surface area contributed by atoms with Gasteiger partial charge in [-0.2, -0.15) is 0 Å². The summed E-state index contributed by atoms with van der Waals surface area (Å²) in [5, 5.41) is 1.66. The molecule has 398 valence electrons. The molecule has 4 aromatic rings. The van der Waals surface area contributed by atoms with Gasteiger partial charge in [0.2, 0.25) is 0 Å². The third-order valence-corrected chi connectivity index (χ3v) is 14.9. The lowest BCUT2D eigenvalue weighted by Gasteiger charge is -2.36. The zero-order chi connectivity index (χ0) is 51.7. The van der Waals surface area contributed by atoms with E-state index in [4.69, 9.17) is 32.5 Å². The van der Waals surface area contributed by atoms with E-state index < -0.39 is 5.60 Å². The number of benzene rings is 2. The van der Waals surface area contributed by atoms with Crippen molar-refractivity contribution in [2.75, 3.05) is 116 Å². The van der Waals surface area contributed by atoms with Crippen molar-refractivity contribution < 1.29 is 46.9 Å². The van der Waals surface area contributed by atoms with Crippen LogP contribution in [0.4, 0.5) is 16.2 Å². The molecule has 4 aliphatic rings. The maximum absolute atomic E-state index is 13.1. The summed E-state index contributed by atoms with van der Waals surface area (Å²) in [5.41, 5.74) is 6.40. The monoisotopic (exact) mass is 1000 g/mol. The molecule has 2 aromatic heterocycles. The molecular formula is C56H84N6O10. The van der Waals surface area contributed by atoms with Gasteiger partial charge in [0.05, 0.1) is 38.4 Å². The van der Waals surface area contributed by atoms with Gasteiger partial charge >= 0.3 is 18.0 Å². The standard InChI is InChI=1S/C29H43N3O6.C27H41N3O4/c1-7-22-24(32(8-2)20-9-15-36-16-10-20)18-25-23(26(22)27(33)35-6)17-21(37-25)19-30-11-13-31(14-12-30)28(34)38-29(3,4)5;1-6-22-24(30(7-2)20-8-14-33-15-9-20)17-25-23(26(22)27(31)32-5)16-21(34-25)18-28-10-12-29(13-11-28)19(3)4/h17-18,20H,7-16,19H2,1-6H3;16-17,19-20H,6-15,18H2,1-5H3. The van der Waals surface area contributed by atoms with E-state index in [1.165, 1.54) is 14.2 Å². The lowest BCUT2D eigenvalue weighted by atomic mass is 9.96. The number of piperazine rings is 2. The highest BCUT2D eigenvalue weighted by Gasteiger charge is 2.32. The zero-order valence-electron chi connectivity index (χ0n) is 45.4. The minimum Gasteiger partial charge on any atom is -0.465 e. The Morgan fingerprint density at radius 2 is 1.03 bits per heavy atom. The van der Waals surface area contributed by atoms with Crippen LogP contribution in [-0.2, 0) is 49.6 Å². The summed E-state index contributed by atoms with van der Waals surface area (Å²) in [5.74, 6) is 1.08. The molecule has 8 rings (SSSR count). The van der Waals surface area contributed by atoms with Crippen LogP contribution >= 0.6 is 0 Å². The number of carbonyl (C=O) groups excluding carboxylic acids is 3. The van der Waals surface area contributed by atoms with E-state index in [0.717, 1.165) is 168 Å². The molecule has 4 aliphatic heterocycles. The van der Waals surface area contributed by atoms with Crippen LogP contribution in [0.15, 0.2) is 33.1 Å². The fourth-order valence-corrected chi connectivity index (χ4v) is 11.1. The number of hydrogen-bond acceptors (Lipinski definition) is 15. The zero-order valence-corrected chi connectivity index (χ0v) is 45.4. The van der Waals surface area contributed by atoms with Crippen molar-refractivity contribution >= 4 is 51.3 Å². The number of nitrogens with zero attached hydrogens (tertiary/aromatic N) is 6. The van der Waals surface area contributed by atoms with Gasteiger partial charge in [-0.05, 0) is 110 Å². The summed E-state index contributed by atoms with van der Waals surface area (Å²) in [6.45, 7) is 31.7. The van der Waals surface area contributed by atoms with E-state index in [0.29, 0.717) is 60.9 Å². The van der Waals surface area contributed by atoms with Gasteiger partial charge in [-0.3, -0.25) is 14.7 Å². The van der Waals surface area contributed by atoms with E-state index in [2.05, 4.69) is 84.2 Å². The summed E-state index contributed by atoms with van der Waals surface area (Å²) in [6.07, 6.45) is 5.11. The number of rotatable bonds is 15. The van der Waals surface area contributed by atoms with Crippen molar-refractivity contribution in [2.24, 2.45) is 0 Å². The second-order valence-electron chi connectivity index (χ2n) is 20.8. The third kappa shape index (κ3) is 12.9. The van der Waals surface area contributed by atoms with Crippen molar-refractivity contribution in [2.45, 2.75) is 138 Å². The maximum atomic E-state index is 13.1. The molecule has 0 atom stereocenters. The number of ether oxygens (including phenoxy) is 5. The normalized spacial score (nSPS) is 18.1. The highest BCUT2D eigenvalue weighted by Crippen LogP contribution is 2.39. The molecule has 16 heteroatoms. The minimum absolute atomic E-state index is 0.270. The quantitative estimate of drug-likeness (QED) is 0.0825. The lowest BCUT2D eigenvalue weighted by Crippen LogP contribution is -2.49. The van der Waals surface area contributed by atoms with Crippen LogP contribution in [0.2, 0.25) is 0 Å². The first kappa shape index (κ1) is 54.9. The van der Waals surface area contributed by atoms with E-state index in [1.807, 2.05) is 26.8 Å². The maximum Gasteiger partial charge on any atom is 0.410 e. The smallest absolute Gasteiger partial charge is 0.410 e. The van der Waals surface area contributed by atoms with Gasteiger partial charge in [0.15, 0.2) is 0 Å². The number of hydrogen-bond donors (Lipinski definition) is 0. The molecule has 0 bridgehead atoms. The first-order valence-electron chi connectivity index (χ1n) is 26.8. The Morgan fingerprint density at radius 3 is 1.38 bits per heavy atom. The predicted molar refractivity (Wildman–Crippen MR) is 283 cm³/mol. The average Bonchev–Trinajstić information content (AvgIpc) is 3.98. The minimum atomic E-state index is -0.506. The molecule has 1 amide bonds. The summed E-state index contributed by atoms with van der Waals surface area (Å²) >= 11 is 0. The highest BCUT2D eigenvalue weighted by molar-refractivity contribution is 6.08. The second-order valence-corrected chi connectivity index (χ2v) is 20.8. The van der Waals surface area contributed by atoms with Crippen LogP contribution in [0.25, 0.3) is 21.9 Å². The van der Waals surface area contributed by atoms with Crippen LogP contribution in [-0.4, -0.2) is 167 Å². The van der Waals surface area contributed by atoms with Crippen molar-refractivity contribution in [3.63, 3.8) is 0 Å². The molecule has 0 aliphatic carbocycles. The molecule has 0 unspecified atom stereocenters. The van der Waals surface area contributed by atoms with E-state index in [1.54, 1.807) is 4.90 Å². The van der Waals surface area contributed by atoms with Gasteiger partial charge in [0.1, 0.15) is 28.3 Å². The number of furan rings is 2. The average molecular weight is 1000 g/mol. The Bertz CT molecular complexity index is 2430. The SMILES string of the molecule is CCc1c(N(CC)C2CCOCC2)cc2oc(CN3CCN(C(=O)OC(C)(C)C)CC3)cc2c1C(=O)OC.CCc1c(N(CC)C2CCOCC2)cc2oc(CN3CCN(C(C)C)CC3)cc2c1C(=O)OC. The fraction of sp³-hybridized carbons (Fsp3) is 0.661. The van der Waals surface area contributed by atoms with Gasteiger partial charge in [0, 0.05) is 144 Å². The fourth-order valence-electron chi connectivity index (χ4n) is 11.1. The predicted octanol–water partition coefficient (Wildman–Crippen LogP) is 9.15. The molecular weight excluding hydrogens is 917 g/mol. The summed E-state index contributed by atoms with van der Waals surface area (Å²) in [7, 11) is 2.90. The van der Waals surface area contributed by atoms with Gasteiger partial charge in [-0.25, -0.2) is 14.4 Å². The second kappa shape index (κ2) is 24.9. The third-order valence-electron chi connectivity index (χ3n) is 14.9. The van der Waals surface area contributed by atoms with Crippen molar-refractivity contribution in [3.8, 4) is 0 Å². The number of amides is 1. The van der Waals surface area contributed by atoms with Crippen LogP contribution in [0, 0.1) is 0 Å². The van der Waals surface area contributed by atoms with Gasteiger partial charge in [-0.15, -0.1) is 0 Å². The lowest BCUT2D eigenvalue weighted by molar-refractivity contribution is 0.0134. The number of fused-ring (bicyclic) bond motifs is 2. The number of anilines is 2. The number of esters is 2. The molecule has 2 aromatic carbocycles. The van der Waals surface area contributed by atoms with Crippen LogP contribution < -0.4 is 9.80 Å². The molecule has 4 saturated heterocycles. The van der Waals surface area contributed by atoms with Crippen molar-refractivity contribution in [3.05, 3.63) is 58.0 Å². The Kier molecular flexibility index (Phi) is 19.0. The first-order chi connectivity index (χ1) is 34.6. The van der Waals surface area contributed by atoms with E-state index in [9.17, 15) is 14.4 Å². The molecule has 0 N–H and O–H groups in total. The number of methoxy groups -OCH3 is 2. The van der Waals surface area contributed by atoms with Crippen LogP contribution in [0.5, 0.6) is 0 Å². The number of carbonyl (C=O) groups is 3. The van der Waals surface area contributed by atoms with Crippen LogP contribution in [0.1, 0.15) is 131 Å². The first-order valence-corrected chi connectivity index (χ1v) is 26.8. The van der Waals surface area contributed by atoms with Gasteiger partial charge in [-0.1, -0.05) is 13.8 Å². The molecule has 16 nitrogen and oxygen atoms in total. The van der Waals surface area contributed by atoms with E-state index >= 15 is 0 Å². The van der Waals surface area contributed by atoms with Crippen molar-refractivity contribution in [1.29, 1.82) is 0 Å². The molecule has 4 fully saturated rings. The van der Waals surface area contributed by atoms with Crippen LogP contribution in [0.3, 0.4) is 0 Å². The molecule has 0 radical (unpaired) electrons.